The van der Waals surface area contributed by atoms with E-state index in [2.05, 4.69) is 6.92 Å². The van der Waals surface area contributed by atoms with Crippen LogP contribution in [-0.2, 0) is 27.9 Å². The second-order valence-electron chi connectivity index (χ2n) is 6.88. The van der Waals surface area contributed by atoms with Gasteiger partial charge in [-0.25, -0.2) is 0 Å². The molecule has 6 nitrogen and oxygen atoms in total. The van der Waals surface area contributed by atoms with Gasteiger partial charge in [0.1, 0.15) is 6.61 Å². The Balaban J connectivity index is 2.82. The number of rotatable bonds is 11. The SMILES string of the molecule is CCCCN(Cc1cccn1C)C(=O)CN(CC(C)C)C(=O)COC. The number of hydrogen-bond donors (Lipinski definition) is 0. The summed E-state index contributed by atoms with van der Waals surface area (Å²) in [6.07, 6.45) is 3.95. The number of ether oxygens (including phenoxy) is 1. The predicted octanol–water partition coefficient (Wildman–Crippen LogP) is 2.28. The van der Waals surface area contributed by atoms with E-state index in [0.717, 1.165) is 18.5 Å². The fourth-order valence-corrected chi connectivity index (χ4v) is 2.67. The first-order chi connectivity index (χ1) is 11.9. The molecule has 0 aromatic carbocycles. The van der Waals surface area contributed by atoms with Gasteiger partial charge in [0, 0.05) is 39.1 Å². The number of nitrogens with zero attached hydrogens (tertiary/aromatic N) is 3. The predicted molar refractivity (Wildman–Crippen MR) is 99.0 cm³/mol. The molecule has 1 rings (SSSR count). The van der Waals surface area contributed by atoms with Crippen molar-refractivity contribution in [2.75, 3.05) is 33.4 Å². The summed E-state index contributed by atoms with van der Waals surface area (Å²) in [4.78, 5) is 28.6. The quantitative estimate of drug-likeness (QED) is 0.615. The lowest BCUT2D eigenvalue weighted by Gasteiger charge is -2.28. The Hall–Kier alpha value is -1.82. The fourth-order valence-electron chi connectivity index (χ4n) is 2.67. The molecule has 0 saturated heterocycles. The number of carbonyl (C=O) groups is 2. The lowest BCUT2D eigenvalue weighted by molar-refractivity contribution is -0.143. The van der Waals surface area contributed by atoms with Crippen LogP contribution in [0.25, 0.3) is 0 Å². The molecule has 0 saturated carbocycles. The Morgan fingerprint density at radius 2 is 1.96 bits per heavy atom. The number of hydrogen-bond acceptors (Lipinski definition) is 3. The second-order valence-corrected chi connectivity index (χ2v) is 6.88. The molecule has 6 heteroatoms. The number of methoxy groups -OCH3 is 1. The van der Waals surface area contributed by atoms with Crippen LogP contribution >= 0.6 is 0 Å². The highest BCUT2D eigenvalue weighted by atomic mass is 16.5. The normalized spacial score (nSPS) is 11.0. The molecule has 0 aliphatic carbocycles. The lowest BCUT2D eigenvalue weighted by atomic mass is 10.2. The van der Waals surface area contributed by atoms with Crippen LogP contribution in [0.5, 0.6) is 0 Å². The van der Waals surface area contributed by atoms with Crippen molar-refractivity contribution in [1.82, 2.24) is 14.4 Å². The molecule has 25 heavy (non-hydrogen) atoms. The van der Waals surface area contributed by atoms with Crippen molar-refractivity contribution in [3.63, 3.8) is 0 Å². The summed E-state index contributed by atoms with van der Waals surface area (Å²) in [5.41, 5.74) is 1.09. The molecule has 0 aliphatic rings. The van der Waals surface area contributed by atoms with E-state index in [-0.39, 0.29) is 25.0 Å². The van der Waals surface area contributed by atoms with Crippen molar-refractivity contribution in [3.05, 3.63) is 24.0 Å². The van der Waals surface area contributed by atoms with Crippen molar-refractivity contribution in [2.45, 2.75) is 40.2 Å². The maximum atomic E-state index is 12.9. The molecular formula is C19H33N3O3. The summed E-state index contributed by atoms with van der Waals surface area (Å²) in [6.45, 7) is 8.12. The zero-order chi connectivity index (χ0) is 18.8. The van der Waals surface area contributed by atoms with Crippen molar-refractivity contribution >= 4 is 11.8 Å². The van der Waals surface area contributed by atoms with Gasteiger partial charge in [-0.3, -0.25) is 9.59 Å². The van der Waals surface area contributed by atoms with E-state index in [1.54, 1.807) is 4.90 Å². The zero-order valence-electron chi connectivity index (χ0n) is 16.3. The van der Waals surface area contributed by atoms with Crippen LogP contribution in [0.1, 0.15) is 39.3 Å². The highest BCUT2D eigenvalue weighted by molar-refractivity contribution is 5.85. The van der Waals surface area contributed by atoms with Gasteiger partial charge in [0.05, 0.1) is 13.1 Å². The third-order valence-corrected chi connectivity index (χ3v) is 4.07. The lowest BCUT2D eigenvalue weighted by Crippen LogP contribution is -2.45. The summed E-state index contributed by atoms with van der Waals surface area (Å²) in [5.74, 6) is 0.143. The molecular weight excluding hydrogens is 318 g/mol. The van der Waals surface area contributed by atoms with E-state index in [0.29, 0.717) is 25.6 Å². The van der Waals surface area contributed by atoms with E-state index in [9.17, 15) is 9.59 Å². The molecule has 0 fully saturated rings. The average Bonchev–Trinajstić information content (AvgIpc) is 2.95. The molecule has 0 bridgehead atoms. The standard InChI is InChI=1S/C19H33N3O3/c1-6-7-11-21(13-17-9-8-10-20(17)4)18(23)14-22(12-16(2)3)19(24)15-25-5/h8-10,16H,6-7,11-15H2,1-5H3. The summed E-state index contributed by atoms with van der Waals surface area (Å²) in [7, 11) is 3.47. The fraction of sp³-hybridized carbons (Fsp3) is 0.684. The molecule has 0 atom stereocenters. The molecule has 0 radical (unpaired) electrons. The third kappa shape index (κ3) is 7.30. The topological polar surface area (TPSA) is 54.8 Å². The van der Waals surface area contributed by atoms with Gasteiger partial charge in [-0.05, 0) is 24.5 Å². The van der Waals surface area contributed by atoms with E-state index in [1.165, 1.54) is 7.11 Å². The first-order valence-corrected chi connectivity index (χ1v) is 9.03. The first kappa shape index (κ1) is 21.2. The van der Waals surface area contributed by atoms with E-state index < -0.39 is 0 Å². The van der Waals surface area contributed by atoms with Crippen LogP contribution in [0.15, 0.2) is 18.3 Å². The average molecular weight is 351 g/mol. The molecule has 1 aromatic heterocycles. The molecule has 2 amide bonds. The zero-order valence-corrected chi connectivity index (χ0v) is 16.3. The van der Waals surface area contributed by atoms with Gasteiger partial charge in [0.15, 0.2) is 0 Å². The second kappa shape index (κ2) is 10.9. The molecule has 0 aliphatic heterocycles. The molecule has 0 N–H and O–H groups in total. The summed E-state index contributed by atoms with van der Waals surface area (Å²) < 4.78 is 6.98. The van der Waals surface area contributed by atoms with E-state index >= 15 is 0 Å². The third-order valence-electron chi connectivity index (χ3n) is 4.07. The monoisotopic (exact) mass is 351 g/mol. The Kier molecular flexibility index (Phi) is 9.27. The van der Waals surface area contributed by atoms with Crippen LogP contribution in [0.3, 0.4) is 0 Å². The molecule has 142 valence electrons. The summed E-state index contributed by atoms with van der Waals surface area (Å²) in [6, 6.07) is 4.00. The maximum absolute atomic E-state index is 12.9. The van der Waals surface area contributed by atoms with Crippen molar-refractivity contribution in [3.8, 4) is 0 Å². The van der Waals surface area contributed by atoms with Gasteiger partial charge < -0.3 is 19.1 Å². The Morgan fingerprint density at radius 3 is 2.48 bits per heavy atom. The van der Waals surface area contributed by atoms with E-state index in [4.69, 9.17) is 4.74 Å². The van der Waals surface area contributed by atoms with Crippen molar-refractivity contribution < 1.29 is 14.3 Å². The molecule has 0 spiro atoms. The first-order valence-electron chi connectivity index (χ1n) is 9.03. The molecule has 1 aromatic rings. The Morgan fingerprint density at radius 1 is 1.24 bits per heavy atom. The molecule has 0 unspecified atom stereocenters. The number of aryl methyl sites for hydroxylation is 1. The minimum absolute atomic E-state index is 0.00672. The van der Waals surface area contributed by atoms with Crippen LogP contribution in [0.4, 0.5) is 0 Å². The summed E-state index contributed by atoms with van der Waals surface area (Å²) >= 11 is 0. The number of unbranched alkanes of at least 4 members (excludes halogenated alkanes) is 1. The van der Waals surface area contributed by atoms with Gasteiger partial charge in [0.25, 0.3) is 0 Å². The van der Waals surface area contributed by atoms with Gasteiger partial charge in [-0.2, -0.15) is 0 Å². The number of aromatic nitrogens is 1. The highest BCUT2D eigenvalue weighted by Gasteiger charge is 2.22. The number of amides is 2. The van der Waals surface area contributed by atoms with Crippen LogP contribution in [0, 0.1) is 5.92 Å². The molecule has 1 heterocycles. The Labute approximate surface area is 151 Å². The van der Waals surface area contributed by atoms with Gasteiger partial charge in [0.2, 0.25) is 11.8 Å². The maximum Gasteiger partial charge on any atom is 0.249 e. The van der Waals surface area contributed by atoms with Gasteiger partial charge in [-0.15, -0.1) is 0 Å². The smallest absolute Gasteiger partial charge is 0.249 e. The minimum Gasteiger partial charge on any atom is -0.375 e. The largest absolute Gasteiger partial charge is 0.375 e. The van der Waals surface area contributed by atoms with Crippen molar-refractivity contribution in [2.24, 2.45) is 13.0 Å². The van der Waals surface area contributed by atoms with Crippen molar-refractivity contribution in [1.29, 1.82) is 0 Å². The highest BCUT2D eigenvalue weighted by Crippen LogP contribution is 2.09. The van der Waals surface area contributed by atoms with Crippen LogP contribution in [0.2, 0.25) is 0 Å². The number of carbonyl (C=O) groups excluding carboxylic acids is 2. The Bertz CT molecular complexity index is 540. The van der Waals surface area contributed by atoms with Gasteiger partial charge >= 0.3 is 0 Å². The van der Waals surface area contributed by atoms with Crippen LogP contribution in [-0.4, -0.2) is 59.5 Å². The summed E-state index contributed by atoms with van der Waals surface area (Å²) in [5, 5.41) is 0. The minimum atomic E-state index is -0.140. The van der Waals surface area contributed by atoms with Crippen LogP contribution < -0.4 is 0 Å². The van der Waals surface area contributed by atoms with E-state index in [1.807, 2.05) is 48.7 Å². The van der Waals surface area contributed by atoms with Gasteiger partial charge in [-0.1, -0.05) is 27.2 Å².